The first kappa shape index (κ1) is 9.39. The number of amides is 1. The zero-order valence-corrected chi connectivity index (χ0v) is 9.10. The van der Waals surface area contributed by atoms with Crippen molar-refractivity contribution in [3.8, 4) is 0 Å². The fraction of sp³-hybridized carbons (Fsp3) is 0.333. The molecule has 3 rings (SSSR count). The Labute approximate surface area is 93.9 Å². The van der Waals surface area contributed by atoms with E-state index in [1.165, 1.54) is 0 Å². The Kier molecular flexibility index (Phi) is 1.96. The van der Waals surface area contributed by atoms with Gasteiger partial charge in [-0.25, -0.2) is 0 Å². The second-order valence-corrected chi connectivity index (χ2v) is 4.11. The fourth-order valence-corrected chi connectivity index (χ4v) is 2.17. The molecule has 4 heteroatoms. The van der Waals surface area contributed by atoms with E-state index in [0.29, 0.717) is 11.6 Å². The molecule has 2 aliphatic heterocycles. The van der Waals surface area contributed by atoms with Crippen molar-refractivity contribution in [2.24, 2.45) is 4.99 Å². The highest BCUT2D eigenvalue weighted by atomic mass is 16.2. The molecule has 0 aromatic heterocycles. The molecule has 16 heavy (non-hydrogen) atoms. The first-order valence-corrected chi connectivity index (χ1v) is 5.55. The Morgan fingerprint density at radius 3 is 2.94 bits per heavy atom. The maximum Gasteiger partial charge on any atom is 0.270 e. The summed E-state index contributed by atoms with van der Waals surface area (Å²) < 4.78 is 0. The maximum absolute atomic E-state index is 11.8. The average molecular weight is 215 g/mol. The first-order valence-electron chi connectivity index (χ1n) is 5.55. The van der Waals surface area contributed by atoms with Crippen LogP contribution < -0.4 is 5.43 Å². The minimum absolute atomic E-state index is 0.0358. The molecule has 0 radical (unpaired) electrons. The lowest BCUT2D eigenvalue weighted by atomic mass is 10.0. The first-order chi connectivity index (χ1) is 7.79. The van der Waals surface area contributed by atoms with Gasteiger partial charge >= 0.3 is 0 Å². The molecule has 1 amide bonds. The lowest BCUT2D eigenvalue weighted by Crippen LogP contribution is -2.49. The van der Waals surface area contributed by atoms with E-state index < -0.39 is 0 Å². The van der Waals surface area contributed by atoms with Crippen molar-refractivity contribution in [2.45, 2.75) is 19.4 Å². The number of hydrogen-bond donors (Lipinski definition) is 1. The van der Waals surface area contributed by atoms with Crippen molar-refractivity contribution in [1.82, 2.24) is 10.4 Å². The zero-order valence-electron chi connectivity index (χ0n) is 9.10. The largest absolute Gasteiger partial charge is 0.270 e. The number of benzene rings is 1. The SMILES string of the molecule is CCC1CN2NC(=O)c3ccccc3C2=N1. The van der Waals surface area contributed by atoms with Crippen molar-refractivity contribution >= 4 is 11.7 Å². The van der Waals surface area contributed by atoms with Gasteiger partial charge in [-0.1, -0.05) is 25.1 Å². The third-order valence-electron chi connectivity index (χ3n) is 3.07. The van der Waals surface area contributed by atoms with Gasteiger partial charge in [0.2, 0.25) is 0 Å². The van der Waals surface area contributed by atoms with Crippen LogP contribution in [0.4, 0.5) is 0 Å². The van der Waals surface area contributed by atoms with Gasteiger partial charge < -0.3 is 0 Å². The number of fused-ring (bicyclic) bond motifs is 3. The fourth-order valence-electron chi connectivity index (χ4n) is 2.17. The Hall–Kier alpha value is -1.84. The van der Waals surface area contributed by atoms with Gasteiger partial charge in [0.15, 0.2) is 5.84 Å². The quantitative estimate of drug-likeness (QED) is 0.764. The van der Waals surface area contributed by atoms with Gasteiger partial charge in [0.05, 0.1) is 18.2 Å². The maximum atomic E-state index is 11.8. The Morgan fingerprint density at radius 1 is 1.44 bits per heavy atom. The minimum atomic E-state index is -0.0358. The molecule has 1 unspecified atom stereocenters. The molecule has 1 aromatic carbocycles. The molecule has 0 bridgehead atoms. The number of rotatable bonds is 1. The Morgan fingerprint density at radius 2 is 2.19 bits per heavy atom. The molecule has 1 aromatic rings. The summed E-state index contributed by atoms with van der Waals surface area (Å²) >= 11 is 0. The molecular weight excluding hydrogens is 202 g/mol. The predicted octanol–water partition coefficient (Wildman–Crippen LogP) is 1.19. The Bertz CT molecular complexity index is 481. The summed E-state index contributed by atoms with van der Waals surface area (Å²) in [6.45, 7) is 2.90. The van der Waals surface area contributed by atoms with Crippen LogP contribution >= 0.6 is 0 Å². The van der Waals surface area contributed by atoms with E-state index in [0.717, 1.165) is 24.4 Å². The van der Waals surface area contributed by atoms with Crippen LogP contribution in [-0.2, 0) is 0 Å². The van der Waals surface area contributed by atoms with E-state index in [2.05, 4.69) is 17.3 Å². The van der Waals surface area contributed by atoms with Crippen LogP contribution in [0.1, 0.15) is 29.3 Å². The molecule has 0 saturated heterocycles. The number of amidine groups is 1. The summed E-state index contributed by atoms with van der Waals surface area (Å²) in [6.07, 6.45) is 0.998. The van der Waals surface area contributed by atoms with Crippen LogP contribution in [0.5, 0.6) is 0 Å². The molecule has 0 aliphatic carbocycles. The number of nitrogens with one attached hydrogen (secondary N) is 1. The van der Waals surface area contributed by atoms with Crippen LogP contribution in [0.15, 0.2) is 29.3 Å². The average Bonchev–Trinajstić information content (AvgIpc) is 2.72. The summed E-state index contributed by atoms with van der Waals surface area (Å²) in [5.41, 5.74) is 4.53. The van der Waals surface area contributed by atoms with Crippen molar-refractivity contribution in [3.05, 3.63) is 35.4 Å². The molecule has 1 atom stereocenters. The van der Waals surface area contributed by atoms with Gasteiger partial charge in [-0.15, -0.1) is 0 Å². The molecule has 1 N–H and O–H groups in total. The Balaban J connectivity index is 2.11. The lowest BCUT2D eigenvalue weighted by Gasteiger charge is -2.27. The van der Waals surface area contributed by atoms with E-state index in [1.54, 1.807) is 0 Å². The predicted molar refractivity (Wildman–Crippen MR) is 61.2 cm³/mol. The molecule has 2 aliphatic rings. The van der Waals surface area contributed by atoms with Crippen molar-refractivity contribution in [1.29, 1.82) is 0 Å². The molecule has 4 nitrogen and oxygen atoms in total. The smallest absolute Gasteiger partial charge is 0.267 e. The van der Waals surface area contributed by atoms with E-state index in [9.17, 15) is 4.79 Å². The molecule has 82 valence electrons. The summed E-state index contributed by atoms with van der Waals surface area (Å²) in [6, 6.07) is 7.90. The van der Waals surface area contributed by atoms with Crippen molar-refractivity contribution < 1.29 is 4.79 Å². The number of aliphatic imine (C=N–C) groups is 1. The van der Waals surface area contributed by atoms with Crippen LogP contribution in [0, 0.1) is 0 Å². The van der Waals surface area contributed by atoms with Gasteiger partial charge in [0.25, 0.3) is 5.91 Å². The number of hydrazine groups is 1. The number of carbonyl (C=O) groups is 1. The number of hydrogen-bond acceptors (Lipinski definition) is 3. The lowest BCUT2D eigenvalue weighted by molar-refractivity contribution is 0.0864. The topological polar surface area (TPSA) is 44.7 Å². The second kappa shape index (κ2) is 3.33. The molecule has 0 spiro atoms. The van der Waals surface area contributed by atoms with Crippen LogP contribution in [-0.4, -0.2) is 29.3 Å². The van der Waals surface area contributed by atoms with E-state index >= 15 is 0 Å². The summed E-state index contributed by atoms with van der Waals surface area (Å²) in [5.74, 6) is 0.869. The zero-order chi connectivity index (χ0) is 11.1. The van der Waals surface area contributed by atoms with Gasteiger partial charge in [-0.05, 0) is 12.5 Å². The van der Waals surface area contributed by atoms with Gasteiger partial charge in [-0.2, -0.15) is 0 Å². The minimum Gasteiger partial charge on any atom is -0.267 e. The summed E-state index contributed by atoms with van der Waals surface area (Å²) in [4.78, 5) is 16.4. The summed E-state index contributed by atoms with van der Waals surface area (Å²) in [5, 5.41) is 1.86. The highest BCUT2D eigenvalue weighted by Crippen LogP contribution is 2.22. The van der Waals surface area contributed by atoms with Crippen molar-refractivity contribution in [3.63, 3.8) is 0 Å². The van der Waals surface area contributed by atoms with Crippen molar-refractivity contribution in [2.75, 3.05) is 6.54 Å². The standard InChI is InChI=1S/C12H13N3O/c1-2-8-7-15-11(13-8)9-5-3-4-6-10(9)12(16)14-15/h3-6,8H,2,7H2,1H3,(H,14,16). The van der Waals surface area contributed by atoms with E-state index in [-0.39, 0.29) is 5.91 Å². The van der Waals surface area contributed by atoms with Crippen LogP contribution in [0.3, 0.4) is 0 Å². The van der Waals surface area contributed by atoms with E-state index in [4.69, 9.17) is 0 Å². The monoisotopic (exact) mass is 215 g/mol. The highest BCUT2D eigenvalue weighted by molar-refractivity contribution is 6.13. The summed E-state index contributed by atoms with van der Waals surface area (Å²) in [7, 11) is 0. The highest BCUT2D eigenvalue weighted by Gasteiger charge is 2.33. The molecule has 0 saturated carbocycles. The van der Waals surface area contributed by atoms with Gasteiger partial charge in [-0.3, -0.25) is 20.2 Å². The second-order valence-electron chi connectivity index (χ2n) is 4.11. The number of nitrogens with zero attached hydrogens (tertiary/aromatic N) is 2. The van der Waals surface area contributed by atoms with Gasteiger partial charge in [0.1, 0.15) is 0 Å². The van der Waals surface area contributed by atoms with Crippen LogP contribution in [0.2, 0.25) is 0 Å². The van der Waals surface area contributed by atoms with Gasteiger partial charge in [0, 0.05) is 5.56 Å². The number of carbonyl (C=O) groups excluding carboxylic acids is 1. The molecular formula is C12H13N3O. The normalized spacial score (nSPS) is 22.3. The molecule has 0 fully saturated rings. The molecule has 2 heterocycles. The third-order valence-corrected chi connectivity index (χ3v) is 3.07. The van der Waals surface area contributed by atoms with E-state index in [1.807, 2.05) is 29.3 Å². The van der Waals surface area contributed by atoms with Crippen LogP contribution in [0.25, 0.3) is 0 Å². The third kappa shape index (κ3) is 1.23.